The molecule has 2 nitrogen and oxygen atoms in total. The van der Waals surface area contributed by atoms with Gasteiger partial charge in [-0.25, -0.2) is 9.97 Å². The number of rotatable bonds is 7. The minimum Gasteiger partial charge on any atom is -0.241 e. The van der Waals surface area contributed by atoms with Crippen LogP contribution in [0.2, 0.25) is 0 Å². The maximum Gasteiger partial charge on any atom is 0.125 e. The van der Waals surface area contributed by atoms with E-state index in [1.807, 2.05) is 19.3 Å². The van der Waals surface area contributed by atoms with E-state index in [-0.39, 0.29) is 5.41 Å². The Morgan fingerprint density at radius 3 is 2.18 bits per heavy atom. The lowest BCUT2D eigenvalue weighted by molar-refractivity contribution is 0.441. The Balaban J connectivity index is 2.42. The molecule has 1 heterocycles. The molecule has 0 saturated heterocycles. The largest absolute Gasteiger partial charge is 0.241 e. The zero-order chi connectivity index (χ0) is 12.7. The first kappa shape index (κ1) is 14.1. The minimum absolute atomic E-state index is 0.208. The molecule has 1 aromatic rings. The molecule has 0 aliphatic carbocycles. The van der Waals surface area contributed by atoms with Gasteiger partial charge in [-0.05, 0) is 24.3 Å². The van der Waals surface area contributed by atoms with Crippen molar-refractivity contribution in [2.75, 3.05) is 0 Å². The van der Waals surface area contributed by atoms with E-state index in [0.717, 1.165) is 5.82 Å². The molecule has 0 fully saturated rings. The number of nitrogens with zero attached hydrogens (tertiary/aromatic N) is 2. The number of unbranched alkanes of at least 4 members (excludes halogenated alkanes) is 4. The van der Waals surface area contributed by atoms with Gasteiger partial charge in [0.05, 0.1) is 0 Å². The molecule has 1 aromatic heterocycles. The highest BCUT2D eigenvalue weighted by atomic mass is 14.8. The molecule has 0 amide bonds. The van der Waals surface area contributed by atoms with Crippen molar-refractivity contribution in [3.05, 3.63) is 23.8 Å². The topological polar surface area (TPSA) is 25.8 Å². The Hall–Kier alpha value is -0.920. The third-order valence-electron chi connectivity index (χ3n) is 3.47. The van der Waals surface area contributed by atoms with Crippen LogP contribution in [0.15, 0.2) is 12.4 Å². The summed E-state index contributed by atoms with van der Waals surface area (Å²) in [5, 5.41) is 0. The van der Waals surface area contributed by atoms with Crippen LogP contribution in [-0.2, 0) is 5.41 Å². The van der Waals surface area contributed by atoms with E-state index in [2.05, 4.69) is 30.7 Å². The summed E-state index contributed by atoms with van der Waals surface area (Å²) in [5.74, 6) is 0.854. The Bertz CT molecular complexity index is 314. The van der Waals surface area contributed by atoms with Crippen molar-refractivity contribution < 1.29 is 0 Å². The van der Waals surface area contributed by atoms with Gasteiger partial charge >= 0.3 is 0 Å². The SMILES string of the molecule is CCCCCCCC(C)(C)c1cnc(C)nc1. The molecule has 0 aromatic carbocycles. The van der Waals surface area contributed by atoms with Gasteiger partial charge in [0.15, 0.2) is 0 Å². The second kappa shape index (κ2) is 6.73. The maximum atomic E-state index is 4.29. The van der Waals surface area contributed by atoms with Crippen molar-refractivity contribution in [3.63, 3.8) is 0 Å². The second-order valence-corrected chi connectivity index (χ2v) is 5.57. The van der Waals surface area contributed by atoms with E-state index in [9.17, 15) is 0 Å². The number of hydrogen-bond acceptors (Lipinski definition) is 2. The monoisotopic (exact) mass is 234 g/mol. The lowest BCUT2D eigenvalue weighted by atomic mass is 9.81. The maximum absolute atomic E-state index is 4.29. The van der Waals surface area contributed by atoms with E-state index < -0.39 is 0 Å². The van der Waals surface area contributed by atoms with Crippen LogP contribution in [-0.4, -0.2) is 9.97 Å². The molecule has 0 atom stereocenters. The molecule has 0 N–H and O–H groups in total. The summed E-state index contributed by atoms with van der Waals surface area (Å²) < 4.78 is 0. The van der Waals surface area contributed by atoms with Crippen LogP contribution < -0.4 is 0 Å². The first-order chi connectivity index (χ1) is 8.06. The van der Waals surface area contributed by atoms with Crippen LogP contribution in [0, 0.1) is 6.92 Å². The molecule has 0 bridgehead atoms. The summed E-state index contributed by atoms with van der Waals surface area (Å²) in [6, 6.07) is 0. The van der Waals surface area contributed by atoms with Crippen molar-refractivity contribution in [1.29, 1.82) is 0 Å². The number of hydrogen-bond donors (Lipinski definition) is 0. The molecule has 0 radical (unpaired) electrons. The summed E-state index contributed by atoms with van der Waals surface area (Å²) in [5.41, 5.74) is 1.47. The highest BCUT2D eigenvalue weighted by Gasteiger charge is 2.20. The van der Waals surface area contributed by atoms with Crippen molar-refractivity contribution in [1.82, 2.24) is 9.97 Å². The Morgan fingerprint density at radius 2 is 1.59 bits per heavy atom. The highest BCUT2D eigenvalue weighted by Crippen LogP contribution is 2.28. The molecule has 0 aliphatic rings. The zero-order valence-electron chi connectivity index (χ0n) is 11.8. The van der Waals surface area contributed by atoms with E-state index in [1.54, 1.807) is 0 Å². The van der Waals surface area contributed by atoms with Crippen molar-refractivity contribution in [2.24, 2.45) is 0 Å². The van der Waals surface area contributed by atoms with Gasteiger partial charge in [0, 0.05) is 12.4 Å². The van der Waals surface area contributed by atoms with E-state index >= 15 is 0 Å². The predicted octanol–water partition coefficient (Wildman–Crippen LogP) is 4.42. The first-order valence-electron chi connectivity index (χ1n) is 6.85. The van der Waals surface area contributed by atoms with E-state index in [0.29, 0.717) is 0 Å². The quantitative estimate of drug-likeness (QED) is 0.652. The third-order valence-corrected chi connectivity index (χ3v) is 3.47. The molecule has 1 rings (SSSR count). The van der Waals surface area contributed by atoms with Crippen molar-refractivity contribution in [2.45, 2.75) is 71.6 Å². The van der Waals surface area contributed by atoms with Crippen LogP contribution >= 0.6 is 0 Å². The molecular formula is C15H26N2. The van der Waals surface area contributed by atoms with Gasteiger partial charge in [-0.2, -0.15) is 0 Å². The summed E-state index contributed by atoms with van der Waals surface area (Å²) in [6.45, 7) is 8.77. The Labute approximate surface area is 106 Å². The fourth-order valence-electron chi connectivity index (χ4n) is 2.06. The van der Waals surface area contributed by atoms with Crippen LogP contribution in [0.5, 0.6) is 0 Å². The summed E-state index contributed by atoms with van der Waals surface area (Å²) >= 11 is 0. The molecule has 0 spiro atoms. The molecule has 96 valence electrons. The molecule has 0 saturated carbocycles. The van der Waals surface area contributed by atoms with E-state index in [4.69, 9.17) is 0 Å². The van der Waals surface area contributed by atoms with Gasteiger partial charge in [-0.1, -0.05) is 52.9 Å². The van der Waals surface area contributed by atoms with Gasteiger partial charge in [0.2, 0.25) is 0 Å². The average Bonchev–Trinajstić information content (AvgIpc) is 2.29. The number of aromatic nitrogens is 2. The zero-order valence-corrected chi connectivity index (χ0v) is 11.8. The first-order valence-corrected chi connectivity index (χ1v) is 6.85. The Morgan fingerprint density at radius 1 is 1.00 bits per heavy atom. The van der Waals surface area contributed by atoms with Gasteiger partial charge < -0.3 is 0 Å². The van der Waals surface area contributed by atoms with Crippen molar-refractivity contribution in [3.8, 4) is 0 Å². The van der Waals surface area contributed by atoms with Crippen LogP contribution in [0.25, 0.3) is 0 Å². The van der Waals surface area contributed by atoms with Crippen LogP contribution in [0.4, 0.5) is 0 Å². The van der Waals surface area contributed by atoms with Crippen LogP contribution in [0.1, 0.15) is 70.7 Å². The number of aryl methyl sites for hydroxylation is 1. The fraction of sp³-hybridized carbons (Fsp3) is 0.733. The average molecular weight is 234 g/mol. The van der Waals surface area contributed by atoms with Crippen molar-refractivity contribution >= 4 is 0 Å². The second-order valence-electron chi connectivity index (χ2n) is 5.57. The minimum atomic E-state index is 0.208. The normalized spacial score (nSPS) is 11.8. The van der Waals surface area contributed by atoms with Gasteiger partial charge in [-0.3, -0.25) is 0 Å². The third kappa shape index (κ3) is 4.84. The smallest absolute Gasteiger partial charge is 0.125 e. The summed E-state index contributed by atoms with van der Waals surface area (Å²) in [6.07, 6.45) is 11.9. The predicted molar refractivity (Wildman–Crippen MR) is 73.2 cm³/mol. The molecule has 17 heavy (non-hydrogen) atoms. The summed E-state index contributed by atoms with van der Waals surface area (Å²) in [4.78, 5) is 8.58. The van der Waals surface area contributed by atoms with Gasteiger partial charge in [0.1, 0.15) is 5.82 Å². The van der Waals surface area contributed by atoms with Gasteiger partial charge in [-0.15, -0.1) is 0 Å². The standard InChI is InChI=1S/C15H26N2/c1-5-6-7-8-9-10-15(3,4)14-11-16-13(2)17-12-14/h11-12H,5-10H2,1-4H3. The lowest BCUT2D eigenvalue weighted by Gasteiger charge is -2.24. The Kier molecular flexibility index (Phi) is 5.60. The van der Waals surface area contributed by atoms with Gasteiger partial charge in [0.25, 0.3) is 0 Å². The molecular weight excluding hydrogens is 208 g/mol. The summed E-state index contributed by atoms with van der Waals surface area (Å²) in [7, 11) is 0. The molecule has 0 aliphatic heterocycles. The lowest BCUT2D eigenvalue weighted by Crippen LogP contribution is -2.17. The van der Waals surface area contributed by atoms with Crippen LogP contribution in [0.3, 0.4) is 0 Å². The fourth-order valence-corrected chi connectivity index (χ4v) is 2.06. The molecule has 2 heteroatoms. The molecule has 0 unspecified atom stereocenters. The van der Waals surface area contributed by atoms with E-state index in [1.165, 1.54) is 44.1 Å². The highest BCUT2D eigenvalue weighted by molar-refractivity contribution is 5.16.